The predicted octanol–water partition coefficient (Wildman–Crippen LogP) is 4.40. The van der Waals surface area contributed by atoms with Crippen LogP contribution in [0, 0.1) is 0 Å². The molecule has 30 heavy (non-hydrogen) atoms. The van der Waals surface area contributed by atoms with Gasteiger partial charge in [-0.15, -0.1) is 10.2 Å². The van der Waals surface area contributed by atoms with Crippen molar-refractivity contribution in [2.24, 2.45) is 0 Å². The monoisotopic (exact) mass is 397 g/mol. The van der Waals surface area contributed by atoms with Crippen LogP contribution in [0.1, 0.15) is 30.7 Å². The summed E-state index contributed by atoms with van der Waals surface area (Å²) in [7, 11) is 0. The summed E-state index contributed by atoms with van der Waals surface area (Å²) >= 11 is 0. The third kappa shape index (κ3) is 3.68. The fraction of sp³-hybridized carbons (Fsp3) is 0.250. The van der Waals surface area contributed by atoms with Crippen LogP contribution < -0.4 is 5.32 Å². The Hall–Kier alpha value is -3.54. The molecule has 0 aliphatic carbocycles. The van der Waals surface area contributed by atoms with Crippen LogP contribution in [0.3, 0.4) is 0 Å². The van der Waals surface area contributed by atoms with Gasteiger partial charge in [0.05, 0.1) is 11.9 Å². The van der Waals surface area contributed by atoms with E-state index in [1.807, 2.05) is 54.6 Å². The Morgan fingerprint density at radius 2 is 1.90 bits per heavy atom. The summed E-state index contributed by atoms with van der Waals surface area (Å²) < 4.78 is 2.22. The van der Waals surface area contributed by atoms with Crippen LogP contribution in [0.4, 0.5) is 5.69 Å². The van der Waals surface area contributed by atoms with E-state index in [2.05, 4.69) is 25.1 Å². The van der Waals surface area contributed by atoms with E-state index < -0.39 is 0 Å². The number of pyridine rings is 1. The number of hydrogen-bond acceptors (Lipinski definition) is 4. The van der Waals surface area contributed by atoms with Crippen molar-refractivity contribution in [2.45, 2.75) is 38.6 Å². The first-order valence-corrected chi connectivity index (χ1v) is 10.4. The number of benzene rings is 2. The van der Waals surface area contributed by atoms with E-state index in [1.165, 1.54) is 6.42 Å². The van der Waals surface area contributed by atoms with Crippen LogP contribution in [-0.4, -0.2) is 25.7 Å². The van der Waals surface area contributed by atoms with Crippen molar-refractivity contribution < 1.29 is 4.79 Å². The fourth-order valence-corrected chi connectivity index (χ4v) is 4.12. The largest absolute Gasteiger partial charge is 0.326 e. The first-order valence-electron chi connectivity index (χ1n) is 10.4. The highest BCUT2D eigenvalue weighted by Gasteiger charge is 2.16. The first kappa shape index (κ1) is 18.5. The molecule has 0 fully saturated rings. The van der Waals surface area contributed by atoms with Gasteiger partial charge in [-0.3, -0.25) is 9.78 Å². The second-order valence-electron chi connectivity index (χ2n) is 7.70. The van der Waals surface area contributed by atoms with Crippen LogP contribution >= 0.6 is 0 Å². The quantitative estimate of drug-likeness (QED) is 0.554. The van der Waals surface area contributed by atoms with E-state index in [-0.39, 0.29) is 12.3 Å². The Kier molecular flexibility index (Phi) is 4.97. The lowest BCUT2D eigenvalue weighted by atomic mass is 10.1. The van der Waals surface area contributed by atoms with Crippen LogP contribution in [0.25, 0.3) is 22.3 Å². The van der Waals surface area contributed by atoms with Crippen molar-refractivity contribution in [3.05, 3.63) is 72.2 Å². The summed E-state index contributed by atoms with van der Waals surface area (Å²) in [5, 5.41) is 12.9. The molecule has 1 N–H and O–H groups in total. The Morgan fingerprint density at radius 3 is 2.87 bits per heavy atom. The zero-order chi connectivity index (χ0) is 20.3. The molecular weight excluding hydrogens is 374 g/mol. The van der Waals surface area contributed by atoms with Gasteiger partial charge in [0.25, 0.3) is 0 Å². The molecule has 6 heteroatoms. The average molecular weight is 397 g/mol. The van der Waals surface area contributed by atoms with Gasteiger partial charge in [0.1, 0.15) is 5.82 Å². The normalized spacial score (nSPS) is 13.6. The van der Waals surface area contributed by atoms with E-state index in [9.17, 15) is 4.79 Å². The minimum Gasteiger partial charge on any atom is -0.326 e. The summed E-state index contributed by atoms with van der Waals surface area (Å²) in [5.74, 6) is 1.87. The first-order chi connectivity index (χ1) is 14.8. The molecule has 2 aromatic heterocycles. The molecule has 0 spiro atoms. The Bertz CT molecular complexity index is 1210. The third-order valence-corrected chi connectivity index (χ3v) is 5.58. The molecule has 0 unspecified atom stereocenters. The smallest absolute Gasteiger partial charge is 0.228 e. The van der Waals surface area contributed by atoms with Crippen molar-refractivity contribution in [2.75, 3.05) is 5.32 Å². The van der Waals surface area contributed by atoms with Gasteiger partial charge in [-0.25, -0.2) is 0 Å². The van der Waals surface area contributed by atoms with Crippen LogP contribution in [-0.2, 0) is 24.2 Å². The Balaban J connectivity index is 1.36. The number of rotatable bonds is 4. The average Bonchev–Trinajstić information content (AvgIpc) is 3.02. The molecule has 0 bridgehead atoms. The van der Waals surface area contributed by atoms with Gasteiger partial charge in [0, 0.05) is 35.8 Å². The van der Waals surface area contributed by atoms with Crippen molar-refractivity contribution in [3.63, 3.8) is 0 Å². The zero-order valence-electron chi connectivity index (χ0n) is 16.7. The fourth-order valence-electron chi connectivity index (χ4n) is 4.12. The molecule has 150 valence electrons. The second-order valence-corrected chi connectivity index (χ2v) is 7.70. The number of fused-ring (bicyclic) bond motifs is 2. The number of para-hydroxylation sites is 1. The van der Waals surface area contributed by atoms with E-state index >= 15 is 0 Å². The number of amides is 1. The molecule has 1 aliphatic heterocycles. The predicted molar refractivity (Wildman–Crippen MR) is 117 cm³/mol. The van der Waals surface area contributed by atoms with E-state index in [0.29, 0.717) is 0 Å². The molecule has 0 saturated heterocycles. The van der Waals surface area contributed by atoms with Crippen molar-refractivity contribution in [1.82, 2.24) is 19.7 Å². The van der Waals surface area contributed by atoms with Crippen LogP contribution in [0.15, 0.2) is 60.8 Å². The topological polar surface area (TPSA) is 72.7 Å². The van der Waals surface area contributed by atoms with Gasteiger partial charge in [0.15, 0.2) is 5.82 Å². The molecule has 4 aromatic rings. The maximum absolute atomic E-state index is 12.7. The highest BCUT2D eigenvalue weighted by molar-refractivity contribution is 5.95. The molecule has 1 amide bonds. The molecule has 1 aliphatic rings. The number of aromatic nitrogens is 4. The van der Waals surface area contributed by atoms with Crippen molar-refractivity contribution >= 4 is 22.5 Å². The third-order valence-electron chi connectivity index (χ3n) is 5.58. The van der Waals surface area contributed by atoms with Gasteiger partial charge in [0.2, 0.25) is 5.91 Å². The minimum absolute atomic E-state index is 0.0645. The lowest BCUT2D eigenvalue weighted by Crippen LogP contribution is -2.15. The van der Waals surface area contributed by atoms with Gasteiger partial charge in [-0.05, 0) is 36.6 Å². The maximum atomic E-state index is 12.7. The molecule has 2 aromatic carbocycles. The maximum Gasteiger partial charge on any atom is 0.228 e. The van der Waals surface area contributed by atoms with Crippen molar-refractivity contribution in [1.29, 1.82) is 0 Å². The highest BCUT2D eigenvalue weighted by Crippen LogP contribution is 2.25. The van der Waals surface area contributed by atoms with Gasteiger partial charge < -0.3 is 9.88 Å². The summed E-state index contributed by atoms with van der Waals surface area (Å²) in [6, 6.07) is 17.7. The molecule has 6 nitrogen and oxygen atoms in total. The number of carbonyl (C=O) groups excluding carboxylic acids is 1. The summed E-state index contributed by atoms with van der Waals surface area (Å²) in [6.07, 6.45) is 6.54. The molecule has 0 atom stereocenters. The minimum atomic E-state index is -0.0645. The standard InChI is InChI=1S/C24H23N5O/c30-22(16-18-8-4-7-17-10-6-13-25-23(17)18)26-20-11-5-9-19(15-20)24-28-27-21-12-2-1-3-14-29(21)24/h4-11,13,15H,1-3,12,14,16H2,(H,26,30). The van der Waals surface area contributed by atoms with E-state index in [0.717, 1.165) is 65.2 Å². The Labute approximate surface area is 175 Å². The number of hydrogen-bond donors (Lipinski definition) is 1. The number of nitrogens with one attached hydrogen (secondary N) is 1. The van der Waals surface area contributed by atoms with E-state index in [4.69, 9.17) is 0 Å². The molecule has 5 rings (SSSR count). The van der Waals surface area contributed by atoms with Gasteiger partial charge in [-0.1, -0.05) is 42.8 Å². The molecule has 3 heterocycles. The highest BCUT2D eigenvalue weighted by atomic mass is 16.1. The lowest BCUT2D eigenvalue weighted by molar-refractivity contribution is -0.115. The zero-order valence-corrected chi connectivity index (χ0v) is 16.7. The number of carbonyl (C=O) groups is 1. The summed E-state index contributed by atoms with van der Waals surface area (Å²) in [4.78, 5) is 17.2. The Morgan fingerprint density at radius 1 is 1.00 bits per heavy atom. The number of aryl methyl sites for hydroxylation is 1. The van der Waals surface area contributed by atoms with Gasteiger partial charge >= 0.3 is 0 Å². The number of nitrogens with zero attached hydrogens (tertiary/aromatic N) is 4. The van der Waals surface area contributed by atoms with Crippen LogP contribution in [0.2, 0.25) is 0 Å². The van der Waals surface area contributed by atoms with Gasteiger partial charge in [-0.2, -0.15) is 0 Å². The summed E-state index contributed by atoms with van der Waals surface area (Å²) in [5.41, 5.74) is 3.52. The molecule has 0 saturated carbocycles. The van der Waals surface area contributed by atoms with Crippen molar-refractivity contribution in [3.8, 4) is 11.4 Å². The lowest BCUT2D eigenvalue weighted by Gasteiger charge is -2.10. The second kappa shape index (κ2) is 8.06. The molecule has 0 radical (unpaired) electrons. The SMILES string of the molecule is O=C(Cc1cccc2cccnc12)Nc1cccc(-c2nnc3n2CCCCC3)c1. The van der Waals surface area contributed by atoms with E-state index in [1.54, 1.807) is 6.20 Å². The number of anilines is 1. The van der Waals surface area contributed by atoms with Crippen LogP contribution in [0.5, 0.6) is 0 Å². The summed E-state index contributed by atoms with van der Waals surface area (Å²) in [6.45, 7) is 0.947. The molecular formula is C24H23N5O.